The van der Waals surface area contributed by atoms with Crippen molar-refractivity contribution in [2.45, 2.75) is 37.8 Å². The van der Waals surface area contributed by atoms with E-state index in [4.69, 9.17) is 18.9 Å². The van der Waals surface area contributed by atoms with E-state index in [0.29, 0.717) is 12.2 Å². The minimum atomic E-state index is -0.477. The molecule has 6 atom stereocenters. The van der Waals surface area contributed by atoms with Gasteiger partial charge in [-0.25, -0.2) is 0 Å². The molecule has 2 heterocycles. The summed E-state index contributed by atoms with van der Waals surface area (Å²) < 4.78 is 23.8. The molecule has 29 heavy (non-hydrogen) atoms. The monoisotopic (exact) mass is 397 g/mol. The van der Waals surface area contributed by atoms with Crippen molar-refractivity contribution in [3.63, 3.8) is 0 Å². The van der Waals surface area contributed by atoms with Gasteiger partial charge in [-0.15, -0.1) is 0 Å². The lowest BCUT2D eigenvalue weighted by molar-refractivity contribution is -0.332. The summed E-state index contributed by atoms with van der Waals surface area (Å²) in [6.45, 7) is 2.74. The lowest BCUT2D eigenvalue weighted by Gasteiger charge is -2.48. The Labute approximate surface area is 171 Å². The van der Waals surface area contributed by atoms with Gasteiger partial charge in [0.25, 0.3) is 0 Å². The van der Waals surface area contributed by atoms with E-state index in [2.05, 4.69) is 12.2 Å². The summed E-state index contributed by atoms with van der Waals surface area (Å²) in [5.41, 5.74) is 1.67. The van der Waals surface area contributed by atoms with Gasteiger partial charge in [0.15, 0.2) is 18.4 Å². The number of ether oxygens (including phenoxy) is 4. The number of methoxy groups -OCH3 is 1. The number of benzene rings is 2. The first-order valence-electron chi connectivity index (χ1n) is 9.99. The van der Waals surface area contributed by atoms with Crippen LogP contribution in [0.4, 0.5) is 0 Å². The van der Waals surface area contributed by atoms with Crippen LogP contribution in [0, 0.1) is 5.92 Å². The van der Waals surface area contributed by atoms with Crippen molar-refractivity contribution in [3.05, 3.63) is 71.8 Å². The maximum Gasteiger partial charge on any atom is 0.184 e. The second-order valence-electron chi connectivity index (χ2n) is 7.51. The van der Waals surface area contributed by atoms with Gasteiger partial charge in [-0.1, -0.05) is 67.6 Å². The number of carbonyl (C=O) groups excluding carboxylic acids is 1. The molecule has 0 amide bonds. The predicted octanol–water partition coefficient (Wildman–Crippen LogP) is 2.95. The second-order valence-corrected chi connectivity index (χ2v) is 7.51. The third-order valence-corrected chi connectivity index (χ3v) is 5.64. The Morgan fingerprint density at radius 1 is 1.07 bits per heavy atom. The maximum absolute atomic E-state index is 12.5. The molecule has 6 heteroatoms. The van der Waals surface area contributed by atoms with E-state index < -0.39 is 12.6 Å². The highest BCUT2D eigenvalue weighted by atomic mass is 16.7. The largest absolute Gasteiger partial charge is 0.354 e. The topological polar surface area (TPSA) is 66.0 Å². The molecule has 4 rings (SSSR count). The van der Waals surface area contributed by atoms with Crippen molar-refractivity contribution in [1.82, 2.24) is 5.32 Å². The van der Waals surface area contributed by atoms with Crippen LogP contribution in [-0.4, -0.2) is 50.6 Å². The van der Waals surface area contributed by atoms with Gasteiger partial charge < -0.3 is 24.3 Å². The van der Waals surface area contributed by atoms with Crippen molar-refractivity contribution in [1.29, 1.82) is 0 Å². The molecule has 1 N–H and O–H groups in total. The molecule has 3 unspecified atom stereocenters. The molecule has 2 aromatic carbocycles. The fourth-order valence-electron chi connectivity index (χ4n) is 4.04. The SMILES string of the molecule is CO[C@@H]1OC2COC(c3ccccc3)O[C@@H]2[C@H](C)C1NCC(=O)c1ccccc1. The minimum Gasteiger partial charge on any atom is -0.354 e. The van der Waals surface area contributed by atoms with Gasteiger partial charge in [0.1, 0.15) is 6.10 Å². The Balaban J connectivity index is 1.44. The van der Waals surface area contributed by atoms with Crippen LogP contribution < -0.4 is 5.32 Å². The average Bonchev–Trinajstić information content (AvgIpc) is 2.79. The Kier molecular flexibility index (Phi) is 6.37. The summed E-state index contributed by atoms with van der Waals surface area (Å²) in [5.74, 6) is 0.0993. The standard InChI is InChI=1S/C23H27NO5/c1-15-20(24-13-18(25)16-9-5-3-6-10-16)23(26-2)28-19-14-27-22(29-21(15)19)17-11-7-4-8-12-17/h3-12,15,19-24H,13-14H2,1-2H3/t15-,19?,20?,21-,22?,23-/m1/s1. The number of hydrogen-bond acceptors (Lipinski definition) is 6. The van der Waals surface area contributed by atoms with E-state index in [0.717, 1.165) is 5.56 Å². The molecule has 2 aromatic rings. The van der Waals surface area contributed by atoms with Gasteiger partial charge in [0.2, 0.25) is 0 Å². The highest BCUT2D eigenvalue weighted by Gasteiger charge is 2.48. The Hall–Kier alpha value is -2.09. The number of rotatable bonds is 6. The first-order chi connectivity index (χ1) is 14.2. The quantitative estimate of drug-likeness (QED) is 0.756. The van der Waals surface area contributed by atoms with Gasteiger partial charge in [-0.3, -0.25) is 4.79 Å². The predicted molar refractivity (Wildman–Crippen MR) is 107 cm³/mol. The average molecular weight is 397 g/mol. The summed E-state index contributed by atoms with van der Waals surface area (Å²) in [4.78, 5) is 12.5. The molecular formula is C23H27NO5. The lowest BCUT2D eigenvalue weighted by atomic mass is 9.87. The van der Waals surface area contributed by atoms with Gasteiger partial charge in [0, 0.05) is 24.2 Å². The molecule has 0 aliphatic carbocycles. The van der Waals surface area contributed by atoms with Crippen LogP contribution in [0.15, 0.2) is 60.7 Å². The van der Waals surface area contributed by atoms with Crippen LogP contribution in [0.1, 0.15) is 29.1 Å². The molecular weight excluding hydrogens is 370 g/mol. The maximum atomic E-state index is 12.5. The molecule has 0 aromatic heterocycles. The summed E-state index contributed by atoms with van der Waals surface area (Å²) in [6, 6.07) is 19.0. The first-order valence-corrected chi connectivity index (χ1v) is 9.99. The number of hydrogen-bond donors (Lipinski definition) is 1. The number of nitrogens with one attached hydrogen (secondary N) is 1. The molecule has 0 radical (unpaired) electrons. The van der Waals surface area contributed by atoms with Gasteiger partial charge >= 0.3 is 0 Å². The summed E-state index contributed by atoms with van der Waals surface area (Å²) in [5, 5.41) is 3.34. The van der Waals surface area contributed by atoms with E-state index in [1.165, 1.54) is 0 Å². The van der Waals surface area contributed by atoms with Crippen LogP contribution >= 0.6 is 0 Å². The molecule has 0 saturated carbocycles. The third-order valence-electron chi connectivity index (χ3n) is 5.64. The zero-order valence-electron chi connectivity index (χ0n) is 16.7. The normalized spacial score (nSPS) is 31.8. The van der Waals surface area contributed by atoms with Gasteiger partial charge in [-0.05, 0) is 0 Å². The Morgan fingerprint density at radius 3 is 2.45 bits per heavy atom. The molecule has 0 spiro atoms. The van der Waals surface area contributed by atoms with Crippen molar-refractivity contribution in [2.24, 2.45) is 5.92 Å². The van der Waals surface area contributed by atoms with Crippen LogP contribution in [0.2, 0.25) is 0 Å². The van der Waals surface area contributed by atoms with Crippen molar-refractivity contribution >= 4 is 5.78 Å². The fourth-order valence-corrected chi connectivity index (χ4v) is 4.04. The van der Waals surface area contributed by atoms with E-state index in [-0.39, 0.29) is 36.5 Å². The minimum absolute atomic E-state index is 0.0323. The van der Waals surface area contributed by atoms with E-state index in [9.17, 15) is 4.79 Å². The second kappa shape index (κ2) is 9.15. The van der Waals surface area contributed by atoms with Crippen LogP contribution in [0.25, 0.3) is 0 Å². The summed E-state index contributed by atoms with van der Waals surface area (Å²) >= 11 is 0. The molecule has 2 saturated heterocycles. The lowest BCUT2D eigenvalue weighted by Crippen LogP contribution is -2.62. The van der Waals surface area contributed by atoms with E-state index in [1.807, 2.05) is 60.7 Å². The highest BCUT2D eigenvalue weighted by molar-refractivity contribution is 5.97. The zero-order chi connectivity index (χ0) is 20.2. The Bertz CT molecular complexity index is 799. The highest BCUT2D eigenvalue weighted by Crippen LogP contribution is 2.36. The molecule has 0 bridgehead atoms. The van der Waals surface area contributed by atoms with Crippen LogP contribution in [0.3, 0.4) is 0 Å². The summed E-state index contributed by atoms with van der Waals surface area (Å²) in [7, 11) is 1.61. The van der Waals surface area contributed by atoms with Gasteiger partial charge in [0.05, 0.1) is 25.3 Å². The summed E-state index contributed by atoms with van der Waals surface area (Å²) in [6.07, 6.45) is -1.27. The molecule has 6 nitrogen and oxygen atoms in total. The van der Waals surface area contributed by atoms with E-state index >= 15 is 0 Å². The molecule has 154 valence electrons. The van der Waals surface area contributed by atoms with Gasteiger partial charge in [-0.2, -0.15) is 0 Å². The smallest absolute Gasteiger partial charge is 0.184 e. The third kappa shape index (κ3) is 4.42. The number of carbonyl (C=O) groups is 1. The van der Waals surface area contributed by atoms with Crippen LogP contribution in [-0.2, 0) is 18.9 Å². The number of ketones is 1. The van der Waals surface area contributed by atoms with Crippen molar-refractivity contribution in [2.75, 3.05) is 20.3 Å². The molecule has 2 aliphatic rings. The number of Topliss-reactive ketones (excluding diaryl/α,β-unsaturated/α-hetero) is 1. The zero-order valence-corrected chi connectivity index (χ0v) is 16.7. The van der Waals surface area contributed by atoms with Crippen molar-refractivity contribution in [3.8, 4) is 0 Å². The molecule has 2 fully saturated rings. The van der Waals surface area contributed by atoms with Crippen molar-refractivity contribution < 1.29 is 23.7 Å². The fraction of sp³-hybridized carbons (Fsp3) is 0.435. The number of fused-ring (bicyclic) bond motifs is 1. The van der Waals surface area contributed by atoms with Crippen LogP contribution in [0.5, 0.6) is 0 Å². The first kappa shape index (κ1) is 20.2. The molecule has 2 aliphatic heterocycles. The Morgan fingerprint density at radius 2 is 1.76 bits per heavy atom. The van der Waals surface area contributed by atoms with E-state index in [1.54, 1.807) is 7.11 Å².